The number of hydrogen-bond donors (Lipinski definition) is 2. The molecule has 34 heavy (non-hydrogen) atoms. The maximum absolute atomic E-state index is 13.0. The molecule has 0 saturated heterocycles. The van der Waals surface area contributed by atoms with E-state index in [0.717, 1.165) is 39.7 Å². The number of nitrogens with zero attached hydrogens (tertiary/aromatic N) is 1. The third kappa shape index (κ3) is 8.64. The van der Waals surface area contributed by atoms with Crippen molar-refractivity contribution in [2.75, 3.05) is 21.7 Å². The van der Waals surface area contributed by atoms with E-state index in [9.17, 15) is 14.4 Å². The maximum atomic E-state index is 13.0. The number of rotatable bonds is 14. The van der Waals surface area contributed by atoms with Crippen LogP contribution in [-0.2, 0) is 14.4 Å². The second kappa shape index (κ2) is 12.9. The van der Waals surface area contributed by atoms with Gasteiger partial charge in [0.1, 0.15) is 0 Å². The molecule has 1 aliphatic heterocycles. The Balaban J connectivity index is 1.88. The van der Waals surface area contributed by atoms with Crippen molar-refractivity contribution in [3.63, 3.8) is 0 Å². The Morgan fingerprint density at radius 1 is 1.24 bits per heavy atom. The van der Waals surface area contributed by atoms with Crippen molar-refractivity contribution in [3.8, 4) is 0 Å². The van der Waals surface area contributed by atoms with Crippen LogP contribution in [0.15, 0.2) is 17.1 Å². The molecule has 194 valence electrons. The van der Waals surface area contributed by atoms with Gasteiger partial charge < -0.3 is 0 Å². The quantitative estimate of drug-likeness (QED) is 0.166. The van der Waals surface area contributed by atoms with Crippen LogP contribution in [0.1, 0.15) is 73.6 Å². The molecule has 2 N–H and O–H groups in total. The van der Waals surface area contributed by atoms with Crippen molar-refractivity contribution in [3.05, 3.63) is 12.2 Å². The van der Waals surface area contributed by atoms with Crippen LogP contribution < -0.4 is 10.6 Å². The van der Waals surface area contributed by atoms with Crippen molar-refractivity contribution in [2.24, 2.45) is 22.2 Å². The first-order valence-corrected chi connectivity index (χ1v) is 18.2. The van der Waals surface area contributed by atoms with Gasteiger partial charge in [-0.3, -0.25) is 0 Å². The third-order valence-electron chi connectivity index (χ3n) is 6.49. The summed E-state index contributed by atoms with van der Waals surface area (Å²) >= 11 is 0.196. The van der Waals surface area contributed by atoms with Gasteiger partial charge in [-0.15, -0.1) is 0 Å². The number of ketones is 1. The Morgan fingerprint density at radius 2 is 1.91 bits per heavy atom. The summed E-state index contributed by atoms with van der Waals surface area (Å²) in [7, 11) is 0. The molecule has 1 saturated carbocycles. The molecule has 3 unspecified atom stereocenters. The number of nitrogens with one attached hydrogen (secondary N) is 2. The van der Waals surface area contributed by atoms with Crippen molar-refractivity contribution in [1.82, 2.24) is 10.6 Å². The average Bonchev–Trinajstić information content (AvgIpc) is 3.40. The Hall–Kier alpha value is -0.900. The van der Waals surface area contributed by atoms with Crippen LogP contribution in [0, 0.1) is 17.3 Å². The van der Waals surface area contributed by atoms with E-state index in [2.05, 4.69) is 41.6 Å². The first kappa shape index (κ1) is 29.3. The zero-order valence-corrected chi connectivity index (χ0v) is 25.0. The minimum absolute atomic E-state index is 0.0187. The second-order valence-electron chi connectivity index (χ2n) is 10.6. The molecule has 1 aliphatic carbocycles. The van der Waals surface area contributed by atoms with E-state index in [1.54, 1.807) is 11.8 Å². The van der Waals surface area contributed by atoms with E-state index in [1.807, 2.05) is 20.8 Å². The summed E-state index contributed by atoms with van der Waals surface area (Å²) in [6, 6.07) is -0.465. The van der Waals surface area contributed by atoms with Gasteiger partial charge in [-0.05, 0) is 0 Å². The van der Waals surface area contributed by atoms with Gasteiger partial charge in [-0.2, -0.15) is 0 Å². The van der Waals surface area contributed by atoms with Gasteiger partial charge in [0.05, 0.1) is 0 Å². The fraction of sp³-hybridized carbons (Fsp3) is 0.769. The first-order valence-electron chi connectivity index (χ1n) is 12.4. The molecule has 8 heteroatoms. The number of hydrogen-bond acceptors (Lipinski definition) is 5. The number of Topliss-reactive ketones (excluding diaryl/α,β-unsaturated/α-hetero) is 1. The summed E-state index contributed by atoms with van der Waals surface area (Å²) in [5.41, 5.74) is -0.584. The van der Waals surface area contributed by atoms with Gasteiger partial charge in [-0.25, -0.2) is 0 Å². The molecular weight excluding hydrogens is 561 g/mol. The number of allylic oxidation sites excluding steroid dienone is 2. The van der Waals surface area contributed by atoms with Crippen LogP contribution in [0.5, 0.6) is 0 Å². The van der Waals surface area contributed by atoms with Gasteiger partial charge in [0.15, 0.2) is 0 Å². The molecule has 0 aromatic carbocycles. The molecule has 0 aromatic heterocycles. The first-order chi connectivity index (χ1) is 15.9. The summed E-state index contributed by atoms with van der Waals surface area (Å²) in [5.74, 6) is 0.920. The van der Waals surface area contributed by atoms with Crippen LogP contribution in [0.2, 0.25) is 0 Å². The predicted molar refractivity (Wildman–Crippen MR) is 153 cm³/mol. The molecular formula is C26H44IN3O3S. The Kier molecular flexibility index (Phi) is 11.1. The molecule has 3 atom stereocenters. The number of thioether (sulfide) groups is 1. The van der Waals surface area contributed by atoms with E-state index in [1.165, 1.54) is 6.92 Å². The van der Waals surface area contributed by atoms with Crippen molar-refractivity contribution in [1.29, 1.82) is 0 Å². The molecule has 2 amide bonds. The minimum atomic E-state index is -1.52. The topological polar surface area (TPSA) is 87.6 Å². The van der Waals surface area contributed by atoms with E-state index in [0.29, 0.717) is 12.2 Å². The molecule has 6 nitrogen and oxygen atoms in total. The normalized spacial score (nSPS) is 23.4. The standard InChI is InChI=1S/C26H44IN3O3S/c1-8-9-10-11-19(4)14-21(32)28-16-26(12-13-26)15-27(7)24-30-25(6,17-34-24)23(33)29-22(18(2)3)20(5)31/h10-11,18-19,22H,8-9,12-17H2,1-7H3,(H,28,32)(H,29,33)/b11-10+. The second-order valence-corrected chi connectivity index (χ2v) is 17.5. The molecule has 0 aromatic rings. The Bertz CT molecular complexity index is 809. The number of halogens is 1. The summed E-state index contributed by atoms with van der Waals surface area (Å²) in [6.07, 6.45) is 9.37. The molecule has 2 aliphatic rings. The number of carbonyl (C=O) groups is 3. The van der Waals surface area contributed by atoms with Crippen LogP contribution in [0.25, 0.3) is 0 Å². The summed E-state index contributed by atoms with van der Waals surface area (Å²) in [6.45, 7) is 12.3. The van der Waals surface area contributed by atoms with Crippen molar-refractivity contribution < 1.29 is 14.4 Å². The van der Waals surface area contributed by atoms with Crippen LogP contribution >= 0.6 is 31.6 Å². The Labute approximate surface area is 217 Å². The van der Waals surface area contributed by atoms with Gasteiger partial charge in [0.25, 0.3) is 0 Å². The molecule has 2 rings (SSSR count). The average molecular weight is 606 g/mol. The summed E-state index contributed by atoms with van der Waals surface area (Å²) in [4.78, 5) is 44.6. The van der Waals surface area contributed by atoms with Gasteiger partial charge in [0, 0.05) is 0 Å². The molecule has 0 bridgehead atoms. The number of aliphatic imine (C=N–C) groups is 1. The van der Waals surface area contributed by atoms with Crippen molar-refractivity contribution >= 4 is 52.2 Å². The number of alkyl halides is 2. The van der Waals surface area contributed by atoms with E-state index in [4.69, 9.17) is 4.99 Å². The van der Waals surface area contributed by atoms with Gasteiger partial charge >= 0.3 is 219 Å². The summed E-state index contributed by atoms with van der Waals surface area (Å²) < 4.78 is 2.28. The number of amides is 2. The van der Waals surface area contributed by atoms with Crippen LogP contribution in [0.4, 0.5) is 0 Å². The Morgan fingerprint density at radius 3 is 2.47 bits per heavy atom. The third-order valence-corrected chi connectivity index (χ3v) is 14.8. The van der Waals surface area contributed by atoms with Gasteiger partial charge in [-0.1, -0.05) is 0 Å². The SMILES string of the molecule is CCC/C=C/C(C)CC(=O)NCC1(CI(C)C2=NC(C)(C(=O)NC(C(C)=O)C(C)C)CS2)CC1. The monoisotopic (exact) mass is 605 g/mol. The fourth-order valence-corrected chi connectivity index (χ4v) is 12.2. The zero-order valence-electron chi connectivity index (χ0n) is 22.0. The van der Waals surface area contributed by atoms with E-state index in [-0.39, 0.29) is 34.8 Å². The molecule has 1 fully saturated rings. The number of carbonyl (C=O) groups excluding carboxylic acids is 3. The van der Waals surface area contributed by atoms with E-state index < -0.39 is 31.4 Å². The number of unbranched alkanes of at least 4 members (excludes halogenated alkanes) is 1. The van der Waals surface area contributed by atoms with Crippen LogP contribution in [-0.4, -0.2) is 53.9 Å². The molecule has 1 heterocycles. The molecule has 0 radical (unpaired) electrons. The van der Waals surface area contributed by atoms with Gasteiger partial charge in [0.2, 0.25) is 0 Å². The predicted octanol–water partition coefficient (Wildman–Crippen LogP) is 4.99. The fourth-order valence-electron chi connectivity index (χ4n) is 4.01. The van der Waals surface area contributed by atoms with Crippen molar-refractivity contribution in [2.45, 2.75) is 85.2 Å². The zero-order chi connectivity index (χ0) is 25.5. The van der Waals surface area contributed by atoms with E-state index >= 15 is 0 Å². The van der Waals surface area contributed by atoms with Crippen LogP contribution in [0.3, 0.4) is 0 Å². The summed E-state index contributed by atoms with van der Waals surface area (Å²) in [5, 5.41) is 6.13. The molecule has 0 spiro atoms.